The van der Waals surface area contributed by atoms with Crippen LogP contribution in [0, 0.1) is 5.92 Å². The molecule has 0 heterocycles. The number of benzene rings is 1. The summed E-state index contributed by atoms with van der Waals surface area (Å²) in [4.78, 5) is 10.8. The lowest BCUT2D eigenvalue weighted by Crippen LogP contribution is -2.25. The van der Waals surface area contributed by atoms with E-state index in [1.54, 1.807) is 7.11 Å². The molecule has 0 aliphatic carbocycles. The lowest BCUT2D eigenvalue weighted by atomic mass is 9.99. The Labute approximate surface area is 101 Å². The van der Waals surface area contributed by atoms with Gasteiger partial charge in [0, 0.05) is 6.54 Å². The number of ether oxygens (including phenoxy) is 1. The summed E-state index contributed by atoms with van der Waals surface area (Å²) in [6.07, 6.45) is 0.399. The Kier molecular flexibility index (Phi) is 6.53. The van der Waals surface area contributed by atoms with Crippen molar-refractivity contribution in [2.45, 2.75) is 6.42 Å². The summed E-state index contributed by atoms with van der Waals surface area (Å²) in [6, 6.07) is 7.36. The van der Waals surface area contributed by atoms with Crippen LogP contribution in [0.25, 0.3) is 0 Å². The van der Waals surface area contributed by atoms with E-state index in [1.807, 2.05) is 24.3 Å². The zero-order valence-electron chi connectivity index (χ0n) is 9.05. The number of nitrogens with two attached hydrogens (primary N) is 1. The predicted octanol–water partition coefficient (Wildman–Crippen LogP) is 1.32. The molecule has 0 unspecified atom stereocenters. The fourth-order valence-corrected chi connectivity index (χ4v) is 1.41. The molecule has 0 saturated carbocycles. The van der Waals surface area contributed by atoms with E-state index in [2.05, 4.69) is 0 Å². The van der Waals surface area contributed by atoms with Gasteiger partial charge in [0.05, 0.1) is 13.0 Å². The number of rotatable bonds is 5. The number of hydrogen-bond acceptors (Lipinski definition) is 3. The van der Waals surface area contributed by atoms with Crippen molar-refractivity contribution in [2.24, 2.45) is 11.7 Å². The van der Waals surface area contributed by atoms with Crippen LogP contribution in [0.5, 0.6) is 5.75 Å². The molecule has 0 saturated heterocycles. The highest BCUT2D eigenvalue weighted by atomic mass is 35.5. The van der Waals surface area contributed by atoms with Crippen molar-refractivity contribution in [1.82, 2.24) is 0 Å². The average molecular weight is 246 g/mol. The fraction of sp³-hybridized carbons (Fsp3) is 0.364. The quantitative estimate of drug-likeness (QED) is 0.821. The molecule has 3 N–H and O–H groups in total. The van der Waals surface area contributed by atoms with E-state index < -0.39 is 11.9 Å². The Balaban J connectivity index is 0.00000225. The molecular formula is C11H16ClNO3. The molecule has 0 fully saturated rings. The van der Waals surface area contributed by atoms with Crippen LogP contribution >= 0.6 is 12.4 Å². The number of hydrogen-bond donors (Lipinski definition) is 2. The third-order valence-electron chi connectivity index (χ3n) is 2.29. The number of carboxylic acid groups (broad SMARTS) is 1. The van der Waals surface area contributed by atoms with Crippen LogP contribution in [0.2, 0.25) is 0 Å². The van der Waals surface area contributed by atoms with E-state index >= 15 is 0 Å². The summed E-state index contributed by atoms with van der Waals surface area (Å²) >= 11 is 0. The molecule has 0 aromatic heterocycles. The second-order valence-electron chi connectivity index (χ2n) is 3.29. The van der Waals surface area contributed by atoms with Crippen LogP contribution in [0.3, 0.4) is 0 Å². The largest absolute Gasteiger partial charge is 0.496 e. The van der Waals surface area contributed by atoms with E-state index in [0.717, 1.165) is 5.56 Å². The van der Waals surface area contributed by atoms with Gasteiger partial charge in [-0.25, -0.2) is 0 Å². The minimum absolute atomic E-state index is 0. The first-order valence-corrected chi connectivity index (χ1v) is 4.73. The number of methoxy groups -OCH3 is 1. The molecule has 1 atom stereocenters. The molecule has 5 heteroatoms. The van der Waals surface area contributed by atoms with Gasteiger partial charge in [0.2, 0.25) is 0 Å². The average Bonchev–Trinajstić information content (AvgIpc) is 2.25. The topological polar surface area (TPSA) is 72.5 Å². The van der Waals surface area contributed by atoms with Crippen LogP contribution in [0.1, 0.15) is 5.56 Å². The molecule has 1 rings (SSSR count). The van der Waals surface area contributed by atoms with E-state index in [-0.39, 0.29) is 19.0 Å². The molecule has 0 amide bonds. The summed E-state index contributed by atoms with van der Waals surface area (Å²) in [7, 11) is 1.57. The van der Waals surface area contributed by atoms with Crippen LogP contribution in [0.4, 0.5) is 0 Å². The summed E-state index contributed by atoms with van der Waals surface area (Å²) in [5.74, 6) is -0.720. The monoisotopic (exact) mass is 245 g/mol. The molecule has 0 bridgehead atoms. The minimum atomic E-state index is -0.872. The maximum Gasteiger partial charge on any atom is 0.308 e. The van der Waals surface area contributed by atoms with E-state index in [0.29, 0.717) is 12.2 Å². The number of halogens is 1. The van der Waals surface area contributed by atoms with Crippen molar-refractivity contribution in [2.75, 3.05) is 13.7 Å². The molecule has 4 nitrogen and oxygen atoms in total. The van der Waals surface area contributed by atoms with Gasteiger partial charge < -0.3 is 15.6 Å². The smallest absolute Gasteiger partial charge is 0.308 e. The third-order valence-corrected chi connectivity index (χ3v) is 2.29. The van der Waals surface area contributed by atoms with Gasteiger partial charge in [-0.1, -0.05) is 18.2 Å². The van der Waals surface area contributed by atoms with Crippen molar-refractivity contribution in [3.8, 4) is 5.75 Å². The minimum Gasteiger partial charge on any atom is -0.496 e. The molecule has 1 aromatic carbocycles. The molecular weight excluding hydrogens is 230 g/mol. The van der Waals surface area contributed by atoms with Crippen molar-refractivity contribution in [3.05, 3.63) is 29.8 Å². The second-order valence-corrected chi connectivity index (χ2v) is 3.29. The normalized spacial score (nSPS) is 11.4. The van der Waals surface area contributed by atoms with Gasteiger partial charge >= 0.3 is 5.97 Å². The van der Waals surface area contributed by atoms with E-state index in [1.165, 1.54) is 0 Å². The Bertz CT molecular complexity index is 344. The lowest BCUT2D eigenvalue weighted by Gasteiger charge is -2.12. The third kappa shape index (κ3) is 3.72. The highest BCUT2D eigenvalue weighted by molar-refractivity contribution is 5.85. The molecule has 0 radical (unpaired) electrons. The number of aliphatic carboxylic acids is 1. The summed E-state index contributed by atoms with van der Waals surface area (Å²) in [5, 5.41) is 8.88. The number of para-hydroxylation sites is 1. The number of carbonyl (C=O) groups is 1. The van der Waals surface area contributed by atoms with Gasteiger partial charge in [0.1, 0.15) is 5.75 Å². The molecule has 0 aliphatic heterocycles. The van der Waals surface area contributed by atoms with Crippen LogP contribution in [0.15, 0.2) is 24.3 Å². The molecule has 16 heavy (non-hydrogen) atoms. The van der Waals surface area contributed by atoms with Crippen LogP contribution in [-0.4, -0.2) is 24.7 Å². The van der Waals surface area contributed by atoms with Gasteiger partial charge in [0.15, 0.2) is 0 Å². The highest BCUT2D eigenvalue weighted by Gasteiger charge is 2.17. The summed E-state index contributed by atoms with van der Waals surface area (Å²) < 4.78 is 5.14. The van der Waals surface area contributed by atoms with Gasteiger partial charge in [-0.05, 0) is 18.1 Å². The van der Waals surface area contributed by atoms with Crippen LogP contribution < -0.4 is 10.5 Å². The van der Waals surface area contributed by atoms with Crippen molar-refractivity contribution in [3.63, 3.8) is 0 Å². The highest BCUT2D eigenvalue weighted by Crippen LogP contribution is 2.20. The lowest BCUT2D eigenvalue weighted by molar-refractivity contribution is -0.141. The van der Waals surface area contributed by atoms with Gasteiger partial charge in [-0.15, -0.1) is 12.4 Å². The maximum absolute atomic E-state index is 10.8. The van der Waals surface area contributed by atoms with Gasteiger partial charge in [0.25, 0.3) is 0 Å². The van der Waals surface area contributed by atoms with E-state index in [4.69, 9.17) is 15.6 Å². The maximum atomic E-state index is 10.8. The predicted molar refractivity (Wildman–Crippen MR) is 64.1 cm³/mol. The molecule has 90 valence electrons. The SMILES string of the molecule is COc1ccccc1C[C@@H](CN)C(=O)O.Cl. The molecule has 0 aliphatic rings. The molecule has 0 spiro atoms. The number of carboxylic acids is 1. The first-order chi connectivity index (χ1) is 7.19. The summed E-state index contributed by atoms with van der Waals surface area (Å²) in [5.41, 5.74) is 6.26. The standard InChI is InChI=1S/C11H15NO3.ClH/c1-15-10-5-3-2-4-8(10)6-9(7-12)11(13)14;/h2-5,9H,6-7,12H2,1H3,(H,13,14);1H/t9-;/m0./s1. The van der Waals surface area contributed by atoms with Crippen molar-refractivity contribution in [1.29, 1.82) is 0 Å². The van der Waals surface area contributed by atoms with Crippen molar-refractivity contribution < 1.29 is 14.6 Å². The Morgan fingerprint density at radius 3 is 2.62 bits per heavy atom. The Hall–Kier alpha value is -1.26. The first kappa shape index (κ1) is 14.7. The summed E-state index contributed by atoms with van der Waals surface area (Å²) in [6.45, 7) is 0.132. The van der Waals surface area contributed by atoms with Crippen molar-refractivity contribution >= 4 is 18.4 Å². The van der Waals surface area contributed by atoms with Gasteiger partial charge in [-0.3, -0.25) is 4.79 Å². The fourth-order valence-electron chi connectivity index (χ4n) is 1.41. The second kappa shape index (κ2) is 7.09. The van der Waals surface area contributed by atoms with Gasteiger partial charge in [-0.2, -0.15) is 0 Å². The van der Waals surface area contributed by atoms with Crippen LogP contribution in [-0.2, 0) is 11.2 Å². The zero-order valence-corrected chi connectivity index (χ0v) is 9.87. The zero-order chi connectivity index (χ0) is 11.3. The Morgan fingerprint density at radius 2 is 2.12 bits per heavy atom. The first-order valence-electron chi connectivity index (χ1n) is 4.73. The Morgan fingerprint density at radius 1 is 1.50 bits per heavy atom. The molecule has 1 aromatic rings. The van der Waals surface area contributed by atoms with E-state index in [9.17, 15) is 4.79 Å².